The van der Waals surface area contributed by atoms with Gasteiger partial charge in [-0.1, -0.05) is 23.7 Å². The van der Waals surface area contributed by atoms with Gasteiger partial charge in [0.05, 0.1) is 14.9 Å². The largest absolute Gasteiger partial charge is 0.368 e. The van der Waals surface area contributed by atoms with Crippen molar-refractivity contribution in [3.63, 3.8) is 0 Å². The van der Waals surface area contributed by atoms with Gasteiger partial charge in [-0.3, -0.25) is 4.79 Å². The van der Waals surface area contributed by atoms with Crippen molar-refractivity contribution in [2.75, 3.05) is 18.4 Å². The number of hydrogen-bond donors (Lipinski definition) is 1. The second-order valence-corrected chi connectivity index (χ2v) is 10.1. The molecule has 0 radical (unpaired) electrons. The van der Waals surface area contributed by atoms with Crippen molar-refractivity contribution in [1.29, 1.82) is 0 Å². The van der Waals surface area contributed by atoms with Crippen LogP contribution in [0, 0.1) is 18.2 Å². The molecule has 3 aromatic rings. The number of pyridine rings is 1. The maximum Gasteiger partial charge on any atom is 0.274 e. The smallest absolute Gasteiger partial charge is 0.274 e. The number of anilines is 1. The molecule has 8 heteroatoms. The lowest BCUT2D eigenvalue weighted by Gasteiger charge is -2.25. The van der Waals surface area contributed by atoms with Crippen LogP contribution in [0.2, 0.25) is 5.02 Å². The third kappa shape index (κ3) is 4.16. The van der Waals surface area contributed by atoms with Crippen LogP contribution in [0.5, 0.6) is 0 Å². The molecule has 31 heavy (non-hydrogen) atoms. The topological polar surface area (TPSA) is 58.1 Å². The number of aryl methyl sites for hydroxylation is 1. The summed E-state index contributed by atoms with van der Waals surface area (Å²) >= 11 is 7.39. The summed E-state index contributed by atoms with van der Waals surface area (Å²) in [7, 11) is 0. The molecule has 5 nitrogen and oxygen atoms in total. The fraction of sp³-hybridized carbons (Fsp3) is 0.348. The van der Waals surface area contributed by atoms with E-state index in [1.165, 1.54) is 23.5 Å². The van der Waals surface area contributed by atoms with Gasteiger partial charge in [0.15, 0.2) is 0 Å². The highest BCUT2D eigenvalue weighted by Gasteiger charge is 2.53. The van der Waals surface area contributed by atoms with Crippen molar-refractivity contribution in [3.8, 4) is 10.4 Å². The highest BCUT2D eigenvalue weighted by molar-refractivity contribution is 7.15. The fourth-order valence-corrected chi connectivity index (χ4v) is 5.36. The second kappa shape index (κ2) is 7.88. The standard InChI is InChI=1S/C23H22ClFN4OS/c1-14-28-20(21(31-14)15-2-5-17(25)6-3-15)22(30)29-13-23(8-9-23)10-18(29)12-27-19-7-4-16(24)11-26-19/h2-7,11,18H,8-10,12-13H2,1H3,(H,26,27). The highest BCUT2D eigenvalue weighted by Crippen LogP contribution is 2.55. The average Bonchev–Trinajstić information content (AvgIpc) is 3.24. The number of carbonyl (C=O) groups is 1. The quantitative estimate of drug-likeness (QED) is 0.557. The molecule has 1 unspecified atom stereocenters. The summed E-state index contributed by atoms with van der Waals surface area (Å²) in [6.45, 7) is 3.27. The van der Waals surface area contributed by atoms with Crippen LogP contribution < -0.4 is 5.32 Å². The van der Waals surface area contributed by atoms with Gasteiger partial charge in [0, 0.05) is 25.3 Å². The number of likely N-dealkylation sites (tertiary alicyclic amines) is 1. The SMILES string of the molecule is Cc1nc(C(=O)N2CC3(CC3)CC2CNc2ccc(Cl)cn2)c(-c2ccc(F)cc2)s1. The van der Waals surface area contributed by atoms with Gasteiger partial charge in [0.2, 0.25) is 0 Å². The molecule has 2 aromatic heterocycles. The molecule has 1 aliphatic heterocycles. The lowest BCUT2D eigenvalue weighted by atomic mass is 10.0. The van der Waals surface area contributed by atoms with Crippen LogP contribution in [0.3, 0.4) is 0 Å². The van der Waals surface area contributed by atoms with E-state index in [0.717, 1.165) is 47.1 Å². The predicted octanol–water partition coefficient (Wildman–Crippen LogP) is 5.41. The summed E-state index contributed by atoms with van der Waals surface area (Å²) in [6, 6.07) is 9.94. The van der Waals surface area contributed by atoms with E-state index < -0.39 is 0 Å². The highest BCUT2D eigenvalue weighted by atomic mass is 35.5. The van der Waals surface area contributed by atoms with Crippen LogP contribution in [0.25, 0.3) is 10.4 Å². The Labute approximate surface area is 189 Å². The van der Waals surface area contributed by atoms with E-state index in [9.17, 15) is 9.18 Å². The molecule has 160 valence electrons. The summed E-state index contributed by atoms with van der Waals surface area (Å²) in [4.78, 5) is 25.3. The van der Waals surface area contributed by atoms with Crippen LogP contribution in [-0.2, 0) is 0 Å². The summed E-state index contributed by atoms with van der Waals surface area (Å²) in [6.07, 6.45) is 4.91. The zero-order valence-electron chi connectivity index (χ0n) is 17.1. The molecule has 1 aliphatic carbocycles. The molecule has 1 atom stereocenters. The Morgan fingerprint density at radius 2 is 2.06 bits per heavy atom. The Bertz CT molecular complexity index is 1110. The van der Waals surface area contributed by atoms with Gasteiger partial charge in [0.1, 0.15) is 17.3 Å². The third-order valence-corrected chi connectivity index (χ3v) is 7.37. The number of carbonyl (C=O) groups excluding carboxylic acids is 1. The molecule has 1 saturated carbocycles. The van der Waals surface area contributed by atoms with E-state index in [4.69, 9.17) is 11.6 Å². The Morgan fingerprint density at radius 3 is 2.74 bits per heavy atom. The first kappa shape index (κ1) is 20.4. The second-order valence-electron chi connectivity index (χ2n) is 8.45. The number of nitrogens with one attached hydrogen (secondary N) is 1. The molecule has 2 fully saturated rings. The minimum absolute atomic E-state index is 0.0525. The minimum atomic E-state index is -0.296. The van der Waals surface area contributed by atoms with Crippen molar-refractivity contribution in [2.45, 2.75) is 32.2 Å². The first-order chi connectivity index (χ1) is 14.9. The fourth-order valence-electron chi connectivity index (χ4n) is 4.33. The van der Waals surface area contributed by atoms with Crippen LogP contribution in [-0.4, -0.2) is 39.9 Å². The van der Waals surface area contributed by atoms with E-state index >= 15 is 0 Å². The van der Waals surface area contributed by atoms with E-state index in [1.54, 1.807) is 24.4 Å². The number of amides is 1. The van der Waals surface area contributed by atoms with Crippen molar-refractivity contribution < 1.29 is 9.18 Å². The molecule has 1 amide bonds. The minimum Gasteiger partial charge on any atom is -0.368 e. The Hall–Kier alpha value is -2.51. The summed E-state index contributed by atoms with van der Waals surface area (Å²) in [5.74, 6) is 0.392. The number of benzene rings is 1. The first-order valence-corrected chi connectivity index (χ1v) is 11.5. The predicted molar refractivity (Wildman–Crippen MR) is 121 cm³/mol. The van der Waals surface area contributed by atoms with Gasteiger partial charge in [-0.25, -0.2) is 14.4 Å². The number of nitrogens with zero attached hydrogens (tertiary/aromatic N) is 3. The number of halogens is 2. The molecular weight excluding hydrogens is 435 g/mol. The van der Waals surface area contributed by atoms with Gasteiger partial charge in [0.25, 0.3) is 5.91 Å². The van der Waals surface area contributed by atoms with E-state index in [2.05, 4.69) is 15.3 Å². The summed E-state index contributed by atoms with van der Waals surface area (Å²) in [5.41, 5.74) is 1.52. The molecule has 2 aliphatic rings. The summed E-state index contributed by atoms with van der Waals surface area (Å²) in [5, 5.41) is 4.76. The van der Waals surface area contributed by atoms with E-state index in [0.29, 0.717) is 17.3 Å². The Kier molecular flexibility index (Phi) is 5.18. The van der Waals surface area contributed by atoms with Crippen molar-refractivity contribution in [1.82, 2.24) is 14.9 Å². The number of aromatic nitrogens is 2. The number of hydrogen-bond acceptors (Lipinski definition) is 5. The molecule has 0 bridgehead atoms. The molecular formula is C23H22ClFN4OS. The normalized spacial score (nSPS) is 19.1. The zero-order chi connectivity index (χ0) is 21.6. The third-order valence-electron chi connectivity index (χ3n) is 6.12. The van der Waals surface area contributed by atoms with Gasteiger partial charge in [-0.15, -0.1) is 11.3 Å². The number of thiazole rings is 1. The van der Waals surface area contributed by atoms with E-state index in [1.807, 2.05) is 17.9 Å². The van der Waals surface area contributed by atoms with Crippen LogP contribution in [0.15, 0.2) is 42.6 Å². The van der Waals surface area contributed by atoms with Crippen molar-refractivity contribution in [2.24, 2.45) is 5.41 Å². The van der Waals surface area contributed by atoms with Crippen LogP contribution in [0.4, 0.5) is 10.2 Å². The number of rotatable bonds is 5. The average molecular weight is 457 g/mol. The maximum absolute atomic E-state index is 13.6. The lowest BCUT2D eigenvalue weighted by Crippen LogP contribution is -2.40. The molecule has 5 rings (SSSR count). The molecule has 1 aromatic carbocycles. The van der Waals surface area contributed by atoms with Crippen LogP contribution >= 0.6 is 22.9 Å². The monoisotopic (exact) mass is 456 g/mol. The zero-order valence-corrected chi connectivity index (χ0v) is 18.6. The van der Waals surface area contributed by atoms with E-state index in [-0.39, 0.29) is 23.2 Å². The Morgan fingerprint density at radius 1 is 1.29 bits per heavy atom. The molecule has 1 N–H and O–H groups in total. The molecule has 3 heterocycles. The molecule has 1 spiro atoms. The summed E-state index contributed by atoms with van der Waals surface area (Å²) < 4.78 is 13.4. The van der Waals surface area contributed by atoms with Gasteiger partial charge in [-0.05, 0) is 61.4 Å². The van der Waals surface area contributed by atoms with Gasteiger partial charge >= 0.3 is 0 Å². The maximum atomic E-state index is 13.6. The van der Waals surface area contributed by atoms with Crippen molar-refractivity contribution in [3.05, 3.63) is 64.1 Å². The Balaban J connectivity index is 1.39. The van der Waals surface area contributed by atoms with Crippen LogP contribution in [0.1, 0.15) is 34.8 Å². The van der Waals surface area contributed by atoms with Gasteiger partial charge in [-0.2, -0.15) is 0 Å². The first-order valence-electron chi connectivity index (χ1n) is 10.3. The lowest BCUT2D eigenvalue weighted by molar-refractivity contribution is 0.0733. The van der Waals surface area contributed by atoms with Crippen molar-refractivity contribution >= 4 is 34.7 Å². The van der Waals surface area contributed by atoms with Gasteiger partial charge < -0.3 is 10.2 Å². The molecule has 1 saturated heterocycles.